The third-order valence-corrected chi connectivity index (χ3v) is 4.19. The Morgan fingerprint density at radius 2 is 1.97 bits per heavy atom. The lowest BCUT2D eigenvalue weighted by Gasteiger charge is -2.22. The number of carbonyl (C=O) groups excluding carboxylic acids is 1. The highest BCUT2D eigenvalue weighted by atomic mass is 16.6. The van der Waals surface area contributed by atoms with Crippen LogP contribution in [-0.4, -0.2) is 50.9 Å². The summed E-state index contributed by atoms with van der Waals surface area (Å²) in [4.78, 5) is 33.8. The number of allylic oxidation sites excluding steroid dienone is 4. The Balaban J connectivity index is 2.05. The number of nitrogens with zero attached hydrogens (tertiary/aromatic N) is 7. The van der Waals surface area contributed by atoms with E-state index in [9.17, 15) is 4.79 Å². The van der Waals surface area contributed by atoms with Gasteiger partial charge >= 0.3 is 12.1 Å². The van der Waals surface area contributed by atoms with Crippen LogP contribution >= 0.6 is 0 Å². The van der Waals surface area contributed by atoms with Crippen LogP contribution < -0.4 is 9.64 Å². The molecule has 2 aromatic heterocycles. The largest absolute Gasteiger partial charge is 0.426 e. The standard InChI is InChI=1S/C23H25N7O2/c1-6-11-17(12-7-2)30(18-13-9-8-10-14-18)23(31)32-22-26-20(25-15-28(3)4)19-21(27-22)29(5)16-24-19/h6-16H,1H2,2-5H3/b12-7-,17-11+,25-15-. The third kappa shape index (κ3) is 5.07. The Morgan fingerprint density at radius 1 is 1.22 bits per heavy atom. The number of aromatic nitrogens is 4. The number of rotatable bonds is 7. The van der Waals surface area contributed by atoms with Crippen LogP contribution in [0.2, 0.25) is 0 Å². The minimum Gasteiger partial charge on any atom is -0.373 e. The van der Waals surface area contributed by atoms with Gasteiger partial charge in [0.2, 0.25) is 0 Å². The van der Waals surface area contributed by atoms with Gasteiger partial charge in [-0.1, -0.05) is 36.9 Å². The molecule has 1 aromatic carbocycles. The number of ether oxygens (including phenoxy) is 1. The van der Waals surface area contributed by atoms with E-state index >= 15 is 0 Å². The molecule has 164 valence electrons. The van der Waals surface area contributed by atoms with Gasteiger partial charge in [0.25, 0.3) is 0 Å². The van der Waals surface area contributed by atoms with Gasteiger partial charge in [-0.3, -0.25) is 0 Å². The number of amides is 1. The molecule has 1 amide bonds. The highest BCUT2D eigenvalue weighted by Gasteiger charge is 2.23. The summed E-state index contributed by atoms with van der Waals surface area (Å²) in [5.41, 5.74) is 2.20. The molecule has 32 heavy (non-hydrogen) atoms. The normalized spacial score (nSPS) is 11.9. The van der Waals surface area contributed by atoms with Crippen molar-refractivity contribution < 1.29 is 9.53 Å². The van der Waals surface area contributed by atoms with Crippen LogP contribution in [0.3, 0.4) is 0 Å². The Bertz CT molecular complexity index is 1190. The molecule has 3 rings (SSSR count). The van der Waals surface area contributed by atoms with E-state index < -0.39 is 6.09 Å². The maximum Gasteiger partial charge on any atom is 0.426 e. The van der Waals surface area contributed by atoms with Gasteiger partial charge in [0.1, 0.15) is 0 Å². The molecule has 0 bridgehead atoms. The first-order valence-corrected chi connectivity index (χ1v) is 9.86. The van der Waals surface area contributed by atoms with Gasteiger partial charge in [0.05, 0.1) is 24.1 Å². The van der Waals surface area contributed by atoms with Crippen LogP contribution in [0, 0.1) is 0 Å². The van der Waals surface area contributed by atoms with Crippen molar-refractivity contribution in [2.75, 3.05) is 19.0 Å². The maximum absolute atomic E-state index is 13.3. The SMILES string of the molecule is C=C/C=C(\C=C/C)N(C(=O)Oc1nc(/N=C\N(C)C)c2ncn(C)c2n1)c1ccccc1. The van der Waals surface area contributed by atoms with Crippen LogP contribution in [0.1, 0.15) is 6.92 Å². The lowest BCUT2D eigenvalue weighted by molar-refractivity contribution is 0.206. The zero-order chi connectivity index (χ0) is 23.1. The molecule has 0 atom stereocenters. The molecule has 0 radical (unpaired) electrons. The average molecular weight is 432 g/mol. The number of anilines is 1. The minimum absolute atomic E-state index is 0.128. The zero-order valence-electron chi connectivity index (χ0n) is 18.5. The van der Waals surface area contributed by atoms with Crippen molar-refractivity contribution in [2.45, 2.75) is 6.92 Å². The highest BCUT2D eigenvalue weighted by molar-refractivity contribution is 5.93. The molecule has 0 aliphatic rings. The second-order valence-corrected chi connectivity index (χ2v) is 6.93. The van der Waals surface area contributed by atoms with E-state index in [2.05, 4.69) is 26.5 Å². The summed E-state index contributed by atoms with van der Waals surface area (Å²) >= 11 is 0. The van der Waals surface area contributed by atoms with Crippen molar-refractivity contribution in [3.63, 3.8) is 0 Å². The van der Waals surface area contributed by atoms with E-state index in [-0.39, 0.29) is 6.01 Å². The monoisotopic (exact) mass is 431 g/mol. The third-order valence-electron chi connectivity index (χ3n) is 4.19. The van der Waals surface area contributed by atoms with Crippen molar-refractivity contribution in [3.05, 3.63) is 73.2 Å². The van der Waals surface area contributed by atoms with Gasteiger partial charge in [0.15, 0.2) is 17.0 Å². The summed E-state index contributed by atoms with van der Waals surface area (Å²) < 4.78 is 7.32. The molecule has 0 aliphatic heterocycles. The van der Waals surface area contributed by atoms with E-state index in [4.69, 9.17) is 4.74 Å². The Labute approximate surface area is 186 Å². The predicted molar refractivity (Wildman–Crippen MR) is 126 cm³/mol. The molecule has 2 heterocycles. The van der Waals surface area contributed by atoms with Crippen molar-refractivity contribution in [1.82, 2.24) is 24.4 Å². The van der Waals surface area contributed by atoms with E-state index in [0.29, 0.717) is 28.4 Å². The lowest BCUT2D eigenvalue weighted by Crippen LogP contribution is -2.32. The number of para-hydroxylation sites is 1. The first-order valence-electron chi connectivity index (χ1n) is 9.86. The van der Waals surface area contributed by atoms with E-state index in [0.717, 1.165) is 0 Å². The van der Waals surface area contributed by atoms with E-state index in [1.54, 1.807) is 59.5 Å². The molecule has 0 saturated carbocycles. The molecule has 9 nitrogen and oxygen atoms in total. The molecule has 0 saturated heterocycles. The molecule has 9 heteroatoms. The number of carbonyl (C=O) groups is 1. The highest BCUT2D eigenvalue weighted by Crippen LogP contribution is 2.26. The summed E-state index contributed by atoms with van der Waals surface area (Å²) in [7, 11) is 5.47. The van der Waals surface area contributed by atoms with Crippen LogP contribution in [-0.2, 0) is 7.05 Å². The maximum atomic E-state index is 13.3. The van der Waals surface area contributed by atoms with Crippen molar-refractivity contribution in [1.29, 1.82) is 0 Å². The van der Waals surface area contributed by atoms with Crippen LogP contribution in [0.5, 0.6) is 6.01 Å². The minimum atomic E-state index is -0.675. The number of aryl methyl sites for hydroxylation is 1. The van der Waals surface area contributed by atoms with Crippen LogP contribution in [0.25, 0.3) is 11.2 Å². The fourth-order valence-corrected chi connectivity index (χ4v) is 2.84. The molecular formula is C23H25N7O2. The van der Waals surface area contributed by atoms with Gasteiger partial charge in [-0.25, -0.2) is 19.7 Å². The van der Waals surface area contributed by atoms with Crippen LogP contribution in [0.4, 0.5) is 16.3 Å². The number of fused-ring (bicyclic) bond motifs is 1. The van der Waals surface area contributed by atoms with Crippen molar-refractivity contribution >= 4 is 35.1 Å². The second-order valence-electron chi connectivity index (χ2n) is 6.93. The Morgan fingerprint density at radius 3 is 2.62 bits per heavy atom. The fraction of sp³-hybridized carbons (Fsp3) is 0.174. The number of hydrogen-bond donors (Lipinski definition) is 0. The van der Waals surface area contributed by atoms with Crippen molar-refractivity contribution in [3.8, 4) is 6.01 Å². The summed E-state index contributed by atoms with van der Waals surface area (Å²) in [5, 5.41) is 0. The van der Waals surface area contributed by atoms with Gasteiger partial charge < -0.3 is 14.2 Å². The van der Waals surface area contributed by atoms with Gasteiger partial charge in [0, 0.05) is 21.1 Å². The quantitative estimate of drug-likeness (QED) is 0.316. The average Bonchev–Trinajstić information content (AvgIpc) is 3.14. The summed E-state index contributed by atoms with van der Waals surface area (Å²) in [5.74, 6) is 0.300. The molecular weight excluding hydrogens is 406 g/mol. The van der Waals surface area contributed by atoms with Crippen LogP contribution in [0.15, 0.2) is 78.2 Å². The zero-order valence-corrected chi connectivity index (χ0v) is 18.5. The van der Waals surface area contributed by atoms with E-state index in [1.807, 2.05) is 45.3 Å². The number of aliphatic imine (C=N–C) groups is 1. The van der Waals surface area contributed by atoms with Gasteiger partial charge in [-0.2, -0.15) is 9.97 Å². The van der Waals surface area contributed by atoms with Gasteiger partial charge in [-0.05, 0) is 31.2 Å². The lowest BCUT2D eigenvalue weighted by atomic mass is 10.2. The number of imidazole rings is 1. The Kier molecular flexibility index (Phi) is 7.12. The molecule has 0 spiro atoms. The molecule has 0 N–H and O–H groups in total. The van der Waals surface area contributed by atoms with Gasteiger partial charge in [-0.15, -0.1) is 0 Å². The first kappa shape index (κ1) is 22.4. The first-order chi connectivity index (χ1) is 15.4. The molecule has 3 aromatic rings. The van der Waals surface area contributed by atoms with Crippen molar-refractivity contribution in [2.24, 2.45) is 12.0 Å². The molecule has 0 fully saturated rings. The summed E-state index contributed by atoms with van der Waals surface area (Å²) in [6, 6.07) is 9.02. The molecule has 0 unspecified atom stereocenters. The predicted octanol–water partition coefficient (Wildman–Crippen LogP) is 4.24. The number of benzene rings is 1. The molecule has 0 aliphatic carbocycles. The Hall–Kier alpha value is -4.27. The van der Waals surface area contributed by atoms with E-state index in [1.165, 1.54) is 4.90 Å². The smallest absolute Gasteiger partial charge is 0.373 e. The topological polar surface area (TPSA) is 88.7 Å². The summed E-state index contributed by atoms with van der Waals surface area (Å²) in [6.45, 7) is 5.60. The second kappa shape index (κ2) is 10.2. The fourth-order valence-electron chi connectivity index (χ4n) is 2.84. The summed E-state index contributed by atoms with van der Waals surface area (Å²) in [6.07, 6.45) is 9.45. The number of hydrogen-bond acceptors (Lipinski definition) is 6.